The van der Waals surface area contributed by atoms with Crippen LogP contribution in [0.4, 0.5) is 0 Å². The van der Waals surface area contributed by atoms with Gasteiger partial charge in [0.1, 0.15) is 0 Å². The maximum Gasteiger partial charge on any atom is 0.215 e. The molecule has 0 radical (unpaired) electrons. The Morgan fingerprint density at radius 3 is 2.80 bits per heavy atom. The second kappa shape index (κ2) is 5.03. The topological polar surface area (TPSA) is 42.8 Å². The van der Waals surface area contributed by atoms with E-state index in [2.05, 4.69) is 32.0 Å². The number of hydrogen-bond donors (Lipinski definition) is 1. The molecule has 0 amide bonds. The van der Waals surface area contributed by atoms with Crippen molar-refractivity contribution < 1.29 is 4.74 Å². The zero-order valence-electron chi connectivity index (χ0n) is 11.0. The minimum Gasteiger partial charge on any atom is -0.481 e. The molecule has 3 aromatic rings. The highest BCUT2D eigenvalue weighted by Gasteiger charge is 2.10. The monoisotopic (exact) mass is 349 g/mol. The number of pyridine rings is 1. The van der Waals surface area contributed by atoms with Crippen LogP contribution >= 0.6 is 28.1 Å². The maximum absolute atomic E-state index is 5.41. The van der Waals surface area contributed by atoms with E-state index in [0.717, 1.165) is 26.9 Å². The average Bonchev–Trinajstić information content (AvgIpc) is 2.77. The average molecular weight is 350 g/mol. The number of methoxy groups -OCH3 is 1. The lowest BCUT2D eigenvalue weighted by atomic mass is 10.2. The van der Waals surface area contributed by atoms with Crippen LogP contribution in [0.1, 0.15) is 5.56 Å². The molecule has 0 aliphatic heterocycles. The van der Waals surface area contributed by atoms with Crippen molar-refractivity contribution in [2.45, 2.75) is 6.92 Å². The number of nitrogens with one attached hydrogen (secondary N) is 1. The number of aromatic amines is 1. The first-order chi connectivity index (χ1) is 9.60. The van der Waals surface area contributed by atoms with E-state index in [1.165, 1.54) is 0 Å². The summed E-state index contributed by atoms with van der Waals surface area (Å²) >= 11 is 8.91. The van der Waals surface area contributed by atoms with Gasteiger partial charge in [-0.05, 0) is 49.0 Å². The number of fused-ring (bicyclic) bond motifs is 1. The van der Waals surface area contributed by atoms with Crippen molar-refractivity contribution in [3.05, 3.63) is 45.1 Å². The first-order valence-electron chi connectivity index (χ1n) is 6.02. The molecule has 2 heterocycles. The summed E-state index contributed by atoms with van der Waals surface area (Å²) < 4.78 is 8.78. The number of H-pyrrole nitrogens is 1. The van der Waals surface area contributed by atoms with Crippen LogP contribution in [-0.2, 0) is 0 Å². The van der Waals surface area contributed by atoms with E-state index >= 15 is 0 Å². The Morgan fingerprint density at radius 2 is 2.10 bits per heavy atom. The van der Waals surface area contributed by atoms with Crippen LogP contribution < -0.4 is 4.74 Å². The van der Waals surface area contributed by atoms with Gasteiger partial charge in [0, 0.05) is 10.5 Å². The summed E-state index contributed by atoms with van der Waals surface area (Å²) in [7, 11) is 1.60. The van der Waals surface area contributed by atoms with Gasteiger partial charge in [-0.15, -0.1) is 0 Å². The van der Waals surface area contributed by atoms with Crippen molar-refractivity contribution in [2.24, 2.45) is 0 Å². The zero-order valence-corrected chi connectivity index (χ0v) is 13.4. The van der Waals surface area contributed by atoms with Crippen molar-refractivity contribution in [3.8, 4) is 11.6 Å². The molecule has 1 N–H and O–H groups in total. The van der Waals surface area contributed by atoms with E-state index in [9.17, 15) is 0 Å². The number of aromatic nitrogens is 3. The molecule has 0 aliphatic carbocycles. The molecule has 0 saturated carbocycles. The van der Waals surface area contributed by atoms with Crippen molar-refractivity contribution in [3.63, 3.8) is 0 Å². The van der Waals surface area contributed by atoms with E-state index in [1.54, 1.807) is 7.11 Å². The zero-order chi connectivity index (χ0) is 14.3. The molecule has 0 unspecified atom stereocenters. The highest BCUT2D eigenvalue weighted by Crippen LogP contribution is 2.24. The van der Waals surface area contributed by atoms with Crippen molar-refractivity contribution in [1.82, 2.24) is 14.5 Å². The predicted molar refractivity (Wildman–Crippen MR) is 85.2 cm³/mol. The quantitative estimate of drug-likeness (QED) is 0.706. The molecule has 102 valence electrons. The molecule has 2 aromatic heterocycles. The summed E-state index contributed by atoms with van der Waals surface area (Å²) in [5.41, 5.74) is 3.76. The molecule has 4 nitrogen and oxygen atoms in total. The molecule has 0 spiro atoms. The van der Waals surface area contributed by atoms with E-state index in [4.69, 9.17) is 17.0 Å². The Bertz CT molecular complexity index is 853. The SMILES string of the molecule is COc1ccc2[nH]c(=S)n(-c3ccc(Br)c(C)c3)c2n1. The molecule has 20 heavy (non-hydrogen) atoms. The second-order valence-corrected chi connectivity index (χ2v) is 5.66. The summed E-state index contributed by atoms with van der Waals surface area (Å²) in [6.07, 6.45) is 0. The molecule has 3 rings (SSSR count). The first kappa shape index (κ1) is 13.3. The standard InChI is InChI=1S/C14H12BrN3OS/c1-8-7-9(3-4-10(8)15)18-13-11(16-14(18)20)5-6-12(17-13)19-2/h3-7H,1-2H3,(H,16,20). The molecule has 0 atom stereocenters. The van der Waals surface area contributed by atoms with Crippen LogP contribution in [0.5, 0.6) is 5.88 Å². The van der Waals surface area contributed by atoms with Gasteiger partial charge >= 0.3 is 0 Å². The molecular weight excluding hydrogens is 338 g/mol. The van der Waals surface area contributed by atoms with Crippen molar-refractivity contribution in [2.75, 3.05) is 7.11 Å². The number of rotatable bonds is 2. The Morgan fingerprint density at radius 1 is 1.30 bits per heavy atom. The molecular formula is C14H12BrN3OS. The van der Waals surface area contributed by atoms with Gasteiger partial charge in [0.05, 0.1) is 18.3 Å². The third-order valence-electron chi connectivity index (χ3n) is 3.11. The lowest BCUT2D eigenvalue weighted by Crippen LogP contribution is -1.97. The van der Waals surface area contributed by atoms with E-state index < -0.39 is 0 Å². The number of aryl methyl sites for hydroxylation is 1. The number of imidazole rings is 1. The fourth-order valence-electron chi connectivity index (χ4n) is 2.09. The molecule has 0 saturated heterocycles. The summed E-state index contributed by atoms with van der Waals surface area (Å²) in [4.78, 5) is 7.63. The van der Waals surface area contributed by atoms with Crippen LogP contribution in [-0.4, -0.2) is 21.6 Å². The van der Waals surface area contributed by atoms with Crippen LogP contribution in [0, 0.1) is 11.7 Å². The van der Waals surface area contributed by atoms with Crippen LogP contribution in [0.25, 0.3) is 16.9 Å². The second-order valence-electron chi connectivity index (χ2n) is 4.42. The van der Waals surface area contributed by atoms with Gasteiger partial charge in [0.2, 0.25) is 5.88 Å². The lowest BCUT2D eigenvalue weighted by Gasteiger charge is -2.07. The highest BCUT2D eigenvalue weighted by atomic mass is 79.9. The summed E-state index contributed by atoms with van der Waals surface area (Å²) in [6, 6.07) is 9.80. The van der Waals surface area contributed by atoms with Gasteiger partial charge in [0.25, 0.3) is 0 Å². The number of hydrogen-bond acceptors (Lipinski definition) is 3. The molecule has 6 heteroatoms. The van der Waals surface area contributed by atoms with E-state index in [1.807, 2.05) is 35.8 Å². The number of halogens is 1. The van der Waals surface area contributed by atoms with Crippen molar-refractivity contribution >= 4 is 39.3 Å². The fourth-order valence-corrected chi connectivity index (χ4v) is 2.64. The van der Waals surface area contributed by atoms with Crippen LogP contribution in [0.2, 0.25) is 0 Å². The summed E-state index contributed by atoms with van der Waals surface area (Å²) in [6.45, 7) is 2.04. The molecule has 0 bridgehead atoms. The van der Waals surface area contributed by atoms with Gasteiger partial charge < -0.3 is 9.72 Å². The third kappa shape index (κ3) is 2.14. The van der Waals surface area contributed by atoms with Gasteiger partial charge in [-0.3, -0.25) is 4.57 Å². The fraction of sp³-hybridized carbons (Fsp3) is 0.143. The van der Waals surface area contributed by atoms with Gasteiger partial charge in [-0.1, -0.05) is 15.9 Å². The lowest BCUT2D eigenvalue weighted by molar-refractivity contribution is 0.399. The van der Waals surface area contributed by atoms with Gasteiger partial charge in [0.15, 0.2) is 10.4 Å². The van der Waals surface area contributed by atoms with E-state index in [0.29, 0.717) is 10.7 Å². The smallest absolute Gasteiger partial charge is 0.215 e. The largest absolute Gasteiger partial charge is 0.481 e. The maximum atomic E-state index is 5.41. The normalized spacial score (nSPS) is 10.9. The highest BCUT2D eigenvalue weighted by molar-refractivity contribution is 9.10. The van der Waals surface area contributed by atoms with Crippen LogP contribution in [0.3, 0.4) is 0 Å². The van der Waals surface area contributed by atoms with Crippen LogP contribution in [0.15, 0.2) is 34.8 Å². The van der Waals surface area contributed by atoms with Gasteiger partial charge in [-0.25, -0.2) is 0 Å². The Kier molecular flexibility index (Phi) is 3.35. The van der Waals surface area contributed by atoms with E-state index in [-0.39, 0.29) is 0 Å². The summed E-state index contributed by atoms with van der Waals surface area (Å²) in [5.74, 6) is 0.564. The van der Waals surface area contributed by atoms with Gasteiger partial charge in [-0.2, -0.15) is 4.98 Å². The number of benzene rings is 1. The third-order valence-corrected chi connectivity index (χ3v) is 4.29. The molecule has 0 fully saturated rings. The Balaban J connectivity index is 2.31. The minimum absolute atomic E-state index is 0.564. The number of ether oxygens (including phenoxy) is 1. The Labute approximate surface area is 129 Å². The minimum atomic E-state index is 0.564. The molecule has 1 aromatic carbocycles. The summed E-state index contributed by atoms with van der Waals surface area (Å²) in [5, 5.41) is 0. The number of nitrogens with zero attached hydrogens (tertiary/aromatic N) is 2. The predicted octanol–water partition coefficient (Wildman–Crippen LogP) is 4.16. The Hall–Kier alpha value is -1.66. The first-order valence-corrected chi connectivity index (χ1v) is 7.22. The molecule has 0 aliphatic rings. The van der Waals surface area contributed by atoms with Crippen molar-refractivity contribution in [1.29, 1.82) is 0 Å².